The normalized spacial score (nSPS) is 9.76. The molecule has 0 aliphatic heterocycles. The summed E-state index contributed by atoms with van der Waals surface area (Å²) in [4.78, 5) is 0. The molecule has 0 fully saturated rings. The van der Waals surface area contributed by atoms with Crippen LogP contribution in [0.1, 0.15) is 18.4 Å². The Kier molecular flexibility index (Phi) is 5.96. The van der Waals surface area contributed by atoms with E-state index in [0.717, 1.165) is 5.56 Å². The van der Waals surface area contributed by atoms with Gasteiger partial charge in [0.15, 0.2) is 11.5 Å². The summed E-state index contributed by atoms with van der Waals surface area (Å²) >= 11 is 11.8. The van der Waals surface area contributed by atoms with E-state index in [-0.39, 0.29) is 0 Å². The highest BCUT2D eigenvalue weighted by Crippen LogP contribution is 2.35. The third-order valence-electron chi connectivity index (χ3n) is 2.14. The zero-order valence-electron chi connectivity index (χ0n) is 9.50. The number of rotatable bonds is 6. The Hall–Kier alpha value is -1.11. The number of nitrogens with zero attached hydrogens (tertiary/aromatic N) is 1. The van der Waals surface area contributed by atoms with Crippen LogP contribution in [0.15, 0.2) is 12.1 Å². The van der Waals surface area contributed by atoms with E-state index in [4.69, 9.17) is 37.9 Å². The standard InChI is InChI=1S/C12H13Cl2NO2/c1-16-11-7-10(14)6-9(8-13)12(11)17-5-3-2-4-15/h6-7H,2-3,5,8H2,1H3. The van der Waals surface area contributed by atoms with Gasteiger partial charge in [-0.1, -0.05) is 11.6 Å². The molecule has 0 aliphatic rings. The van der Waals surface area contributed by atoms with E-state index >= 15 is 0 Å². The number of halogens is 2. The minimum atomic E-state index is 0.296. The molecule has 0 atom stereocenters. The number of methoxy groups -OCH3 is 1. The molecule has 0 amide bonds. The number of nitriles is 1. The average Bonchev–Trinajstić information content (AvgIpc) is 2.35. The third-order valence-corrected chi connectivity index (χ3v) is 2.65. The van der Waals surface area contributed by atoms with Crippen LogP contribution < -0.4 is 9.47 Å². The molecule has 1 aromatic carbocycles. The largest absolute Gasteiger partial charge is 0.493 e. The molecular weight excluding hydrogens is 261 g/mol. The lowest BCUT2D eigenvalue weighted by molar-refractivity contribution is 0.288. The van der Waals surface area contributed by atoms with E-state index < -0.39 is 0 Å². The van der Waals surface area contributed by atoms with Gasteiger partial charge in [0.1, 0.15) is 0 Å². The quantitative estimate of drug-likeness (QED) is 0.585. The van der Waals surface area contributed by atoms with Gasteiger partial charge in [0.05, 0.1) is 25.7 Å². The number of benzene rings is 1. The monoisotopic (exact) mass is 273 g/mol. The van der Waals surface area contributed by atoms with Gasteiger partial charge in [0.2, 0.25) is 0 Å². The zero-order valence-corrected chi connectivity index (χ0v) is 11.0. The second-order valence-corrected chi connectivity index (χ2v) is 4.04. The first-order valence-electron chi connectivity index (χ1n) is 5.15. The Morgan fingerprint density at radius 3 is 2.76 bits per heavy atom. The predicted molar refractivity (Wildman–Crippen MR) is 67.9 cm³/mol. The van der Waals surface area contributed by atoms with Crippen LogP contribution in [0.3, 0.4) is 0 Å². The van der Waals surface area contributed by atoms with E-state index in [1.54, 1.807) is 19.2 Å². The van der Waals surface area contributed by atoms with Crippen molar-refractivity contribution < 1.29 is 9.47 Å². The lowest BCUT2D eigenvalue weighted by atomic mass is 10.2. The highest BCUT2D eigenvalue weighted by Gasteiger charge is 2.12. The van der Waals surface area contributed by atoms with Gasteiger partial charge >= 0.3 is 0 Å². The van der Waals surface area contributed by atoms with Crippen molar-refractivity contribution in [2.45, 2.75) is 18.7 Å². The van der Waals surface area contributed by atoms with Crippen LogP contribution in [0.2, 0.25) is 5.02 Å². The summed E-state index contributed by atoms with van der Waals surface area (Å²) in [7, 11) is 1.55. The number of alkyl halides is 1. The SMILES string of the molecule is COc1cc(Cl)cc(CCl)c1OCCCC#N. The molecule has 1 rings (SSSR count). The Labute approximate surface area is 111 Å². The van der Waals surface area contributed by atoms with Crippen LogP contribution in [0.25, 0.3) is 0 Å². The van der Waals surface area contributed by atoms with Gasteiger partial charge in [-0.3, -0.25) is 0 Å². The average molecular weight is 274 g/mol. The van der Waals surface area contributed by atoms with Crippen molar-refractivity contribution in [2.24, 2.45) is 0 Å². The minimum Gasteiger partial charge on any atom is -0.493 e. The summed E-state index contributed by atoms with van der Waals surface area (Å²) in [6.07, 6.45) is 1.14. The van der Waals surface area contributed by atoms with Crippen molar-refractivity contribution in [1.29, 1.82) is 5.26 Å². The predicted octanol–water partition coefficient (Wildman–Crippen LogP) is 3.77. The van der Waals surface area contributed by atoms with Crippen molar-refractivity contribution in [3.63, 3.8) is 0 Å². The van der Waals surface area contributed by atoms with Crippen LogP contribution in [0, 0.1) is 11.3 Å². The highest BCUT2D eigenvalue weighted by atomic mass is 35.5. The number of unbranched alkanes of at least 4 members (excludes halogenated alkanes) is 1. The Balaban J connectivity index is 2.84. The van der Waals surface area contributed by atoms with Gasteiger partial charge in [-0.05, 0) is 12.5 Å². The molecule has 3 nitrogen and oxygen atoms in total. The fourth-order valence-electron chi connectivity index (χ4n) is 1.36. The van der Waals surface area contributed by atoms with Crippen molar-refractivity contribution in [3.05, 3.63) is 22.7 Å². The topological polar surface area (TPSA) is 42.2 Å². The number of hydrogen-bond donors (Lipinski definition) is 0. The maximum Gasteiger partial charge on any atom is 0.165 e. The van der Waals surface area contributed by atoms with E-state index in [2.05, 4.69) is 6.07 Å². The Morgan fingerprint density at radius 1 is 1.41 bits per heavy atom. The number of ether oxygens (including phenoxy) is 2. The van der Waals surface area contributed by atoms with E-state index in [1.807, 2.05) is 0 Å². The minimum absolute atomic E-state index is 0.296. The molecule has 92 valence electrons. The molecule has 0 radical (unpaired) electrons. The van der Waals surface area contributed by atoms with Crippen LogP contribution in [0.4, 0.5) is 0 Å². The van der Waals surface area contributed by atoms with Crippen molar-refractivity contribution >= 4 is 23.2 Å². The molecule has 0 bridgehead atoms. The first-order chi connectivity index (χ1) is 8.22. The molecule has 0 saturated carbocycles. The van der Waals surface area contributed by atoms with Gasteiger partial charge in [-0.15, -0.1) is 11.6 Å². The molecule has 0 aliphatic carbocycles. The molecule has 0 N–H and O–H groups in total. The lowest BCUT2D eigenvalue weighted by Crippen LogP contribution is -2.01. The van der Waals surface area contributed by atoms with Crippen LogP contribution >= 0.6 is 23.2 Å². The molecule has 0 aromatic heterocycles. The maximum atomic E-state index is 8.43. The molecule has 0 unspecified atom stereocenters. The summed E-state index contributed by atoms with van der Waals surface area (Å²) < 4.78 is 10.8. The summed E-state index contributed by atoms with van der Waals surface area (Å²) in [6, 6.07) is 5.49. The zero-order chi connectivity index (χ0) is 12.7. The van der Waals surface area contributed by atoms with Crippen LogP contribution in [-0.4, -0.2) is 13.7 Å². The fraction of sp³-hybridized carbons (Fsp3) is 0.417. The summed E-state index contributed by atoms with van der Waals surface area (Å²) in [5.41, 5.74) is 0.785. The van der Waals surface area contributed by atoms with Gasteiger partial charge in [0.25, 0.3) is 0 Å². The van der Waals surface area contributed by atoms with Gasteiger partial charge < -0.3 is 9.47 Å². The second-order valence-electron chi connectivity index (χ2n) is 3.34. The Bertz CT molecular complexity index is 390. The van der Waals surface area contributed by atoms with Gasteiger partial charge in [0, 0.05) is 23.1 Å². The summed E-state index contributed by atoms with van der Waals surface area (Å²) in [5, 5.41) is 8.99. The summed E-state index contributed by atoms with van der Waals surface area (Å²) in [6.45, 7) is 0.454. The van der Waals surface area contributed by atoms with E-state index in [1.165, 1.54) is 0 Å². The van der Waals surface area contributed by atoms with Gasteiger partial charge in [-0.2, -0.15) is 5.26 Å². The summed E-state index contributed by atoms with van der Waals surface area (Å²) in [5.74, 6) is 1.46. The first-order valence-corrected chi connectivity index (χ1v) is 6.06. The third kappa shape index (κ3) is 3.99. The molecular formula is C12H13Cl2NO2. The Morgan fingerprint density at radius 2 is 2.18 bits per heavy atom. The number of hydrogen-bond acceptors (Lipinski definition) is 3. The smallest absolute Gasteiger partial charge is 0.165 e. The molecule has 17 heavy (non-hydrogen) atoms. The molecule has 1 aromatic rings. The van der Waals surface area contributed by atoms with Crippen LogP contribution in [0.5, 0.6) is 11.5 Å². The first kappa shape index (κ1) is 14.0. The van der Waals surface area contributed by atoms with Crippen molar-refractivity contribution in [2.75, 3.05) is 13.7 Å². The van der Waals surface area contributed by atoms with Gasteiger partial charge in [-0.25, -0.2) is 0 Å². The fourth-order valence-corrected chi connectivity index (χ4v) is 1.79. The maximum absolute atomic E-state index is 8.43. The lowest BCUT2D eigenvalue weighted by Gasteiger charge is -2.14. The van der Waals surface area contributed by atoms with Crippen molar-refractivity contribution in [3.8, 4) is 17.6 Å². The van der Waals surface area contributed by atoms with E-state index in [9.17, 15) is 0 Å². The van der Waals surface area contributed by atoms with E-state index in [0.29, 0.717) is 41.9 Å². The highest BCUT2D eigenvalue weighted by molar-refractivity contribution is 6.31. The molecule has 0 spiro atoms. The second kappa shape index (κ2) is 7.26. The van der Waals surface area contributed by atoms with Crippen LogP contribution in [-0.2, 0) is 5.88 Å². The van der Waals surface area contributed by atoms with Crippen molar-refractivity contribution in [1.82, 2.24) is 0 Å². The molecule has 0 saturated heterocycles. The molecule has 0 heterocycles. The molecule has 5 heteroatoms.